The Hall–Kier alpha value is -1.36. The van der Waals surface area contributed by atoms with Gasteiger partial charge in [-0.25, -0.2) is 4.79 Å². The first-order valence-electron chi connectivity index (χ1n) is 5.54. The number of rotatable bonds is 4. The second-order valence-electron chi connectivity index (χ2n) is 4.03. The van der Waals surface area contributed by atoms with Crippen LogP contribution < -0.4 is 5.32 Å². The van der Waals surface area contributed by atoms with Gasteiger partial charge < -0.3 is 10.1 Å². The normalized spacial score (nSPS) is 13.6. The Balaban J connectivity index is 2.67. The number of nitrogens with one attached hydrogen (secondary N) is 1. The number of halogens is 1. The standard InChI is InChI=1S/C13H16BrNO3/c1-8-4-6-10(7-5-8)11(14)12(16)15-9(2)13(17)18-3/h4-7,9,11H,1-3H3,(H,15,16)/t9-,11+/m1/s1. The predicted molar refractivity (Wildman–Crippen MR) is 72.5 cm³/mol. The minimum atomic E-state index is -0.659. The van der Waals surface area contributed by atoms with E-state index in [0.717, 1.165) is 11.1 Å². The molecule has 0 spiro atoms. The van der Waals surface area contributed by atoms with Crippen LogP contribution in [0, 0.1) is 6.92 Å². The van der Waals surface area contributed by atoms with Gasteiger partial charge in [-0.15, -0.1) is 0 Å². The van der Waals surface area contributed by atoms with Gasteiger partial charge >= 0.3 is 5.97 Å². The summed E-state index contributed by atoms with van der Waals surface area (Å²) >= 11 is 3.31. The second-order valence-corrected chi connectivity index (χ2v) is 4.94. The molecule has 0 unspecified atom stereocenters. The summed E-state index contributed by atoms with van der Waals surface area (Å²) in [4.78, 5) is 22.6. The summed E-state index contributed by atoms with van der Waals surface area (Å²) in [7, 11) is 1.29. The number of ether oxygens (including phenoxy) is 1. The van der Waals surface area contributed by atoms with Crippen LogP contribution in [0.2, 0.25) is 0 Å². The lowest BCUT2D eigenvalue weighted by Crippen LogP contribution is -2.40. The number of esters is 1. The lowest BCUT2D eigenvalue weighted by Gasteiger charge is -2.15. The van der Waals surface area contributed by atoms with Gasteiger partial charge in [-0.1, -0.05) is 45.8 Å². The molecule has 0 aliphatic heterocycles. The van der Waals surface area contributed by atoms with Crippen molar-refractivity contribution < 1.29 is 14.3 Å². The molecule has 0 aromatic heterocycles. The van der Waals surface area contributed by atoms with Gasteiger partial charge in [0, 0.05) is 0 Å². The maximum Gasteiger partial charge on any atom is 0.328 e. The number of hydrogen-bond acceptors (Lipinski definition) is 3. The maximum atomic E-state index is 11.9. The minimum absolute atomic E-state index is 0.267. The molecular formula is C13H16BrNO3. The molecule has 1 rings (SSSR count). The summed E-state index contributed by atoms with van der Waals surface area (Å²) in [6.45, 7) is 3.56. The van der Waals surface area contributed by atoms with E-state index < -0.39 is 16.8 Å². The van der Waals surface area contributed by atoms with Gasteiger partial charge in [-0.05, 0) is 19.4 Å². The molecule has 0 aliphatic carbocycles. The van der Waals surface area contributed by atoms with Crippen LogP contribution in [0.15, 0.2) is 24.3 Å². The summed E-state index contributed by atoms with van der Waals surface area (Å²) in [5.41, 5.74) is 1.97. The highest BCUT2D eigenvalue weighted by molar-refractivity contribution is 9.09. The number of methoxy groups -OCH3 is 1. The Bertz CT molecular complexity index is 430. The van der Waals surface area contributed by atoms with Crippen molar-refractivity contribution >= 4 is 27.8 Å². The van der Waals surface area contributed by atoms with Crippen molar-refractivity contribution in [1.29, 1.82) is 0 Å². The van der Waals surface area contributed by atoms with Gasteiger partial charge in [0.25, 0.3) is 0 Å². The third kappa shape index (κ3) is 3.84. The smallest absolute Gasteiger partial charge is 0.328 e. The van der Waals surface area contributed by atoms with E-state index in [0.29, 0.717) is 0 Å². The highest BCUT2D eigenvalue weighted by Crippen LogP contribution is 2.23. The number of carbonyl (C=O) groups excluding carboxylic acids is 2. The van der Waals surface area contributed by atoms with Crippen LogP contribution in [0.4, 0.5) is 0 Å². The Morgan fingerprint density at radius 3 is 2.33 bits per heavy atom. The van der Waals surface area contributed by atoms with Gasteiger partial charge in [0.15, 0.2) is 0 Å². The van der Waals surface area contributed by atoms with Crippen LogP contribution >= 0.6 is 15.9 Å². The van der Waals surface area contributed by atoms with Crippen molar-refractivity contribution in [2.75, 3.05) is 7.11 Å². The van der Waals surface area contributed by atoms with E-state index in [9.17, 15) is 9.59 Å². The maximum absolute atomic E-state index is 11.9. The van der Waals surface area contributed by atoms with Crippen LogP contribution in [0.5, 0.6) is 0 Å². The van der Waals surface area contributed by atoms with Crippen LogP contribution in [0.1, 0.15) is 22.9 Å². The number of amides is 1. The molecule has 1 amide bonds. The van der Waals surface area contributed by atoms with Crippen LogP contribution in [0.25, 0.3) is 0 Å². The van der Waals surface area contributed by atoms with E-state index in [-0.39, 0.29) is 5.91 Å². The molecule has 0 fully saturated rings. The largest absolute Gasteiger partial charge is 0.467 e. The van der Waals surface area contributed by atoms with Crippen LogP contribution in [-0.4, -0.2) is 25.0 Å². The molecule has 0 aliphatic rings. The fourth-order valence-electron chi connectivity index (χ4n) is 1.41. The fraction of sp³-hybridized carbons (Fsp3) is 0.385. The first kappa shape index (κ1) is 14.7. The topological polar surface area (TPSA) is 55.4 Å². The van der Waals surface area contributed by atoms with E-state index in [4.69, 9.17) is 0 Å². The Kier molecular flexibility index (Phi) is 5.34. The molecule has 0 heterocycles. The Labute approximate surface area is 115 Å². The number of carbonyl (C=O) groups is 2. The highest BCUT2D eigenvalue weighted by Gasteiger charge is 2.22. The van der Waals surface area contributed by atoms with Crippen molar-refractivity contribution in [3.8, 4) is 0 Å². The van der Waals surface area contributed by atoms with Gasteiger partial charge in [0.05, 0.1) is 7.11 Å². The summed E-state index contributed by atoms with van der Waals surface area (Å²) in [5.74, 6) is -0.733. The Morgan fingerprint density at radius 1 is 1.28 bits per heavy atom. The lowest BCUT2D eigenvalue weighted by molar-refractivity contribution is -0.144. The zero-order valence-electron chi connectivity index (χ0n) is 10.6. The van der Waals surface area contributed by atoms with Gasteiger partial charge in [-0.3, -0.25) is 4.79 Å². The summed E-state index contributed by atoms with van der Waals surface area (Å²) < 4.78 is 4.55. The molecule has 18 heavy (non-hydrogen) atoms. The zero-order valence-corrected chi connectivity index (χ0v) is 12.2. The lowest BCUT2D eigenvalue weighted by atomic mass is 10.1. The Morgan fingerprint density at radius 2 is 1.83 bits per heavy atom. The van der Waals surface area contributed by atoms with E-state index in [2.05, 4.69) is 26.0 Å². The number of aryl methyl sites for hydroxylation is 1. The van der Waals surface area contributed by atoms with Crippen molar-refractivity contribution in [2.24, 2.45) is 0 Å². The van der Waals surface area contributed by atoms with Crippen LogP contribution in [-0.2, 0) is 14.3 Å². The second kappa shape index (κ2) is 6.54. The van der Waals surface area contributed by atoms with E-state index in [1.165, 1.54) is 7.11 Å². The molecule has 0 saturated heterocycles. The number of alkyl halides is 1. The zero-order chi connectivity index (χ0) is 13.7. The monoisotopic (exact) mass is 313 g/mol. The molecule has 1 aromatic carbocycles. The molecule has 2 atom stereocenters. The predicted octanol–water partition coefficient (Wildman–Crippen LogP) is 2.11. The summed E-state index contributed by atoms with van der Waals surface area (Å²) in [6, 6.07) is 6.95. The summed E-state index contributed by atoms with van der Waals surface area (Å²) in [6.07, 6.45) is 0. The molecule has 1 aromatic rings. The fourth-order valence-corrected chi connectivity index (χ4v) is 1.85. The molecule has 1 N–H and O–H groups in total. The van der Waals surface area contributed by atoms with Crippen molar-refractivity contribution in [2.45, 2.75) is 24.7 Å². The molecule has 5 heteroatoms. The molecule has 0 bridgehead atoms. The van der Waals surface area contributed by atoms with E-state index >= 15 is 0 Å². The molecular weight excluding hydrogens is 298 g/mol. The molecule has 98 valence electrons. The molecule has 0 radical (unpaired) electrons. The minimum Gasteiger partial charge on any atom is -0.467 e. The number of benzene rings is 1. The molecule has 0 saturated carbocycles. The van der Waals surface area contributed by atoms with E-state index in [1.807, 2.05) is 31.2 Å². The van der Waals surface area contributed by atoms with Gasteiger partial charge in [0.1, 0.15) is 10.9 Å². The average Bonchev–Trinajstić information content (AvgIpc) is 2.37. The van der Waals surface area contributed by atoms with Gasteiger partial charge in [-0.2, -0.15) is 0 Å². The van der Waals surface area contributed by atoms with Crippen molar-refractivity contribution in [1.82, 2.24) is 5.32 Å². The summed E-state index contributed by atoms with van der Waals surface area (Å²) in [5, 5.41) is 2.58. The average molecular weight is 314 g/mol. The highest BCUT2D eigenvalue weighted by atomic mass is 79.9. The third-order valence-corrected chi connectivity index (χ3v) is 3.46. The van der Waals surface area contributed by atoms with Crippen molar-refractivity contribution in [3.05, 3.63) is 35.4 Å². The van der Waals surface area contributed by atoms with Crippen LogP contribution in [0.3, 0.4) is 0 Å². The van der Waals surface area contributed by atoms with Crippen molar-refractivity contribution in [3.63, 3.8) is 0 Å². The molecule has 4 nitrogen and oxygen atoms in total. The first-order valence-corrected chi connectivity index (χ1v) is 6.46. The van der Waals surface area contributed by atoms with E-state index in [1.54, 1.807) is 6.92 Å². The van der Waals surface area contributed by atoms with Gasteiger partial charge in [0.2, 0.25) is 5.91 Å². The number of hydrogen-bond donors (Lipinski definition) is 1. The SMILES string of the molecule is COC(=O)[C@@H](C)NC(=O)[C@@H](Br)c1ccc(C)cc1. The third-order valence-electron chi connectivity index (χ3n) is 2.51. The quantitative estimate of drug-likeness (QED) is 0.684. The first-order chi connectivity index (χ1) is 8.45.